The van der Waals surface area contributed by atoms with Crippen LogP contribution in [0.4, 0.5) is 0 Å². The van der Waals surface area contributed by atoms with Crippen molar-refractivity contribution in [2.24, 2.45) is 0 Å². The van der Waals surface area contributed by atoms with Crippen LogP contribution in [0.3, 0.4) is 0 Å². The molecule has 0 amide bonds. The molecule has 0 aliphatic heterocycles. The number of halogens is 2. The minimum absolute atomic E-state index is 0. The van der Waals surface area contributed by atoms with Gasteiger partial charge in [0.25, 0.3) is 0 Å². The van der Waals surface area contributed by atoms with Gasteiger partial charge in [0.2, 0.25) is 0 Å². The van der Waals surface area contributed by atoms with Crippen LogP contribution in [-0.4, -0.2) is 22.7 Å². The molecule has 2 atom stereocenters. The number of aliphatic carboxylic acids is 2. The topological polar surface area (TPSA) is 80.3 Å². The van der Waals surface area contributed by atoms with Gasteiger partial charge in [0.15, 0.2) is 0 Å². The van der Waals surface area contributed by atoms with Crippen LogP contribution in [0.25, 0.3) is 0 Å². The minimum Gasteiger partial charge on any atom is -0.549 e. The Kier molecular flexibility index (Phi) is 15.5. The normalized spacial score (nSPS) is 12.6. The molecule has 0 aliphatic carbocycles. The first-order chi connectivity index (χ1) is 5.29. The summed E-state index contributed by atoms with van der Waals surface area (Å²) >= 11 is 9.90. The van der Waals surface area contributed by atoms with E-state index in [4.69, 9.17) is 23.2 Å². The van der Waals surface area contributed by atoms with Gasteiger partial charge in [-0.05, 0) is 13.8 Å². The van der Waals surface area contributed by atoms with Crippen molar-refractivity contribution in [2.75, 3.05) is 0 Å². The molecule has 0 fully saturated rings. The van der Waals surface area contributed by atoms with Crippen LogP contribution in [0.2, 0.25) is 0 Å². The Morgan fingerprint density at radius 1 is 1.00 bits per heavy atom. The van der Waals surface area contributed by atoms with Crippen LogP contribution in [-0.2, 0) is 37.3 Å². The van der Waals surface area contributed by atoms with E-state index in [0.29, 0.717) is 0 Å². The Morgan fingerprint density at radius 3 is 1.08 bits per heavy atom. The second kappa shape index (κ2) is 10.5. The molecular weight excluding hydrogens is 408 g/mol. The predicted molar refractivity (Wildman–Crippen MR) is 40.6 cm³/mol. The van der Waals surface area contributed by atoms with Crippen LogP contribution in [0, 0.1) is 0 Å². The average Bonchev–Trinajstić information content (AvgIpc) is 1.88. The molecule has 0 aromatic heterocycles. The van der Waals surface area contributed by atoms with Gasteiger partial charge in [-0.1, -0.05) is 0 Å². The summed E-state index contributed by atoms with van der Waals surface area (Å²) in [7, 11) is 0. The van der Waals surface area contributed by atoms with Gasteiger partial charge in [0.05, 0.1) is 22.7 Å². The molecule has 0 radical (unpaired) electrons. The first-order valence-electron chi connectivity index (χ1n) is 2.98. The maximum absolute atomic E-state index is 9.46. The van der Waals surface area contributed by atoms with E-state index in [1.165, 1.54) is 13.8 Å². The summed E-state index contributed by atoms with van der Waals surface area (Å²) in [4.78, 5) is 18.9. The van der Waals surface area contributed by atoms with E-state index in [1.807, 2.05) is 0 Å². The van der Waals surface area contributed by atoms with Gasteiger partial charge in [-0.3, -0.25) is 0 Å². The predicted octanol–water partition coefficient (Wildman–Crippen LogP) is -1.28. The summed E-state index contributed by atoms with van der Waals surface area (Å²) in [5, 5.41) is 17.2. The standard InChI is InChI=1S/2C3H5ClO2.Hg/c2*1-2(4)3(5)6;/h2*2H,1H3,(H,5,6);/q;;+2/p-2. The Bertz CT molecular complexity index is 143. The second-order valence-corrected chi connectivity index (χ2v) is 3.18. The summed E-state index contributed by atoms with van der Waals surface area (Å²) in [6.45, 7) is 2.69. The number of alkyl halides is 2. The van der Waals surface area contributed by atoms with Crippen molar-refractivity contribution in [2.45, 2.75) is 24.6 Å². The summed E-state index contributed by atoms with van der Waals surface area (Å²) in [5.74, 6) is -2.45. The fourth-order valence-corrected chi connectivity index (χ4v) is 0. The molecule has 0 spiro atoms. The molecule has 13 heavy (non-hydrogen) atoms. The third-order valence-electron chi connectivity index (χ3n) is 0.650. The SMILES string of the molecule is CC(Cl)C(=O)[O-].CC(Cl)C(=O)[O-].[Hg+2]. The van der Waals surface area contributed by atoms with Gasteiger partial charge in [-0.25, -0.2) is 0 Å². The molecular formula is C6H8Cl2HgO4. The van der Waals surface area contributed by atoms with Gasteiger partial charge >= 0.3 is 27.7 Å². The van der Waals surface area contributed by atoms with E-state index >= 15 is 0 Å². The fourth-order valence-electron chi connectivity index (χ4n) is 0. The van der Waals surface area contributed by atoms with Crippen molar-refractivity contribution >= 4 is 35.1 Å². The van der Waals surface area contributed by atoms with Gasteiger partial charge in [-0.2, -0.15) is 0 Å². The van der Waals surface area contributed by atoms with Crippen molar-refractivity contribution in [3.8, 4) is 0 Å². The Labute approximate surface area is 107 Å². The van der Waals surface area contributed by atoms with Crippen molar-refractivity contribution < 1.29 is 47.5 Å². The van der Waals surface area contributed by atoms with Crippen LogP contribution in [0.5, 0.6) is 0 Å². The summed E-state index contributed by atoms with van der Waals surface area (Å²) < 4.78 is 0. The average molecular weight is 416 g/mol. The quantitative estimate of drug-likeness (QED) is 0.416. The Balaban J connectivity index is -0.000000143. The minimum atomic E-state index is -1.23. The third-order valence-corrected chi connectivity index (χ3v) is 1.01. The van der Waals surface area contributed by atoms with Crippen molar-refractivity contribution in [1.82, 2.24) is 0 Å². The molecule has 2 unspecified atom stereocenters. The Morgan fingerprint density at radius 2 is 1.08 bits per heavy atom. The zero-order chi connectivity index (χ0) is 10.3. The van der Waals surface area contributed by atoms with E-state index in [0.717, 1.165) is 0 Å². The van der Waals surface area contributed by atoms with Crippen molar-refractivity contribution in [1.29, 1.82) is 0 Å². The van der Waals surface area contributed by atoms with E-state index in [9.17, 15) is 19.8 Å². The van der Waals surface area contributed by atoms with Gasteiger partial charge in [0, 0.05) is 0 Å². The number of carboxylic acids is 2. The molecule has 7 heteroatoms. The second-order valence-electron chi connectivity index (χ2n) is 1.87. The molecule has 0 N–H and O–H groups in total. The molecule has 0 rings (SSSR count). The number of hydrogen-bond donors (Lipinski definition) is 0. The van der Waals surface area contributed by atoms with Gasteiger partial charge < -0.3 is 19.8 Å². The molecule has 0 bridgehead atoms. The summed E-state index contributed by atoms with van der Waals surface area (Å²) in [5.41, 5.74) is 0. The van der Waals surface area contributed by atoms with E-state index in [1.54, 1.807) is 0 Å². The van der Waals surface area contributed by atoms with Crippen LogP contribution < -0.4 is 10.2 Å². The Hall–Kier alpha value is 0.455. The van der Waals surface area contributed by atoms with Crippen LogP contribution >= 0.6 is 23.2 Å². The zero-order valence-electron chi connectivity index (χ0n) is 7.25. The van der Waals surface area contributed by atoms with E-state index in [2.05, 4.69) is 0 Å². The van der Waals surface area contributed by atoms with Crippen molar-refractivity contribution in [3.63, 3.8) is 0 Å². The number of rotatable bonds is 2. The van der Waals surface area contributed by atoms with Crippen LogP contribution in [0.1, 0.15) is 13.8 Å². The molecule has 0 aromatic rings. The molecule has 0 saturated heterocycles. The first kappa shape index (κ1) is 19.1. The smallest absolute Gasteiger partial charge is 0.549 e. The molecule has 4 nitrogen and oxygen atoms in total. The fraction of sp³-hybridized carbons (Fsp3) is 0.667. The first-order valence-corrected chi connectivity index (χ1v) is 3.86. The largest absolute Gasteiger partial charge is 2.00 e. The van der Waals surface area contributed by atoms with Gasteiger partial charge in [-0.15, -0.1) is 23.2 Å². The van der Waals surface area contributed by atoms with Crippen LogP contribution in [0.15, 0.2) is 0 Å². The summed E-state index contributed by atoms with van der Waals surface area (Å²) in [6.07, 6.45) is 0. The zero-order valence-corrected chi connectivity index (χ0v) is 14.3. The third kappa shape index (κ3) is 19.0. The summed E-state index contributed by atoms with van der Waals surface area (Å²) in [6, 6.07) is 0. The monoisotopic (exact) mass is 416 g/mol. The number of carbonyl (C=O) groups excluding carboxylic acids is 2. The van der Waals surface area contributed by atoms with Gasteiger partial charge in [0.1, 0.15) is 0 Å². The maximum atomic E-state index is 9.46. The van der Waals surface area contributed by atoms with Crippen molar-refractivity contribution in [3.05, 3.63) is 0 Å². The molecule has 0 aliphatic rings. The molecule has 0 aromatic carbocycles. The van der Waals surface area contributed by atoms with E-state index < -0.39 is 22.7 Å². The molecule has 0 heterocycles. The molecule has 0 saturated carbocycles. The molecule has 72 valence electrons. The number of hydrogen-bond acceptors (Lipinski definition) is 4. The number of carboxylic acid groups (broad SMARTS) is 2. The number of carbonyl (C=O) groups is 2. The maximum Gasteiger partial charge on any atom is 2.00 e. The van der Waals surface area contributed by atoms with E-state index in [-0.39, 0.29) is 27.7 Å².